The van der Waals surface area contributed by atoms with Crippen LogP contribution in [0.2, 0.25) is 0 Å². The van der Waals surface area contributed by atoms with Crippen LogP contribution in [-0.2, 0) is 13.1 Å². The predicted molar refractivity (Wildman–Crippen MR) is 151 cm³/mol. The van der Waals surface area contributed by atoms with Gasteiger partial charge in [0.1, 0.15) is 11.4 Å². The van der Waals surface area contributed by atoms with E-state index in [1.165, 1.54) is 36.2 Å². The first-order chi connectivity index (χ1) is 15.9. The maximum Gasteiger partial charge on any atom is 0.191 e. The van der Waals surface area contributed by atoms with Gasteiger partial charge < -0.3 is 20.3 Å². The summed E-state index contributed by atoms with van der Waals surface area (Å²) in [6.07, 6.45) is 2.13. The zero-order chi connectivity index (χ0) is 23.3. The summed E-state index contributed by atoms with van der Waals surface area (Å²) in [6, 6.07) is 17.4. The van der Waals surface area contributed by atoms with Crippen molar-refractivity contribution in [2.75, 3.05) is 40.3 Å². The van der Waals surface area contributed by atoms with E-state index in [-0.39, 0.29) is 35.6 Å². The molecule has 1 fully saturated rings. The highest BCUT2D eigenvalue weighted by atomic mass is 127. The Labute approximate surface area is 222 Å². The second-order valence-corrected chi connectivity index (χ2v) is 9.98. The molecule has 2 aliphatic heterocycles. The first kappa shape index (κ1) is 26.8. The summed E-state index contributed by atoms with van der Waals surface area (Å²) in [5, 5.41) is 7.10. The Balaban J connectivity index is 0.00000324. The van der Waals surface area contributed by atoms with Crippen molar-refractivity contribution < 1.29 is 4.74 Å². The molecule has 186 valence electrons. The predicted octanol–water partition coefficient (Wildman–Crippen LogP) is 4.41. The molecule has 2 aromatic carbocycles. The van der Waals surface area contributed by atoms with Gasteiger partial charge in [-0.15, -0.1) is 24.0 Å². The molecule has 1 saturated heterocycles. The second-order valence-electron chi connectivity index (χ2n) is 9.98. The number of hydrogen-bond acceptors (Lipinski definition) is 4. The molecule has 0 aliphatic carbocycles. The number of ether oxygens (including phenoxy) is 1. The zero-order valence-corrected chi connectivity index (χ0v) is 23.3. The van der Waals surface area contributed by atoms with Gasteiger partial charge in [0.05, 0.1) is 6.04 Å². The van der Waals surface area contributed by atoms with Crippen LogP contribution in [0.15, 0.2) is 53.5 Å². The molecule has 34 heavy (non-hydrogen) atoms. The molecular weight excluding hydrogens is 537 g/mol. The largest absolute Gasteiger partial charge is 0.487 e. The summed E-state index contributed by atoms with van der Waals surface area (Å²) in [5.74, 6) is 1.76. The van der Waals surface area contributed by atoms with Gasteiger partial charge in [-0.3, -0.25) is 9.89 Å². The number of nitrogens with zero attached hydrogens (tertiary/aromatic N) is 3. The Hall–Kier alpha value is -1.84. The van der Waals surface area contributed by atoms with E-state index in [1.54, 1.807) is 0 Å². The van der Waals surface area contributed by atoms with Gasteiger partial charge in [0.15, 0.2) is 5.96 Å². The van der Waals surface area contributed by atoms with Gasteiger partial charge in [-0.05, 0) is 57.6 Å². The molecule has 1 unspecified atom stereocenters. The number of halogens is 1. The molecule has 0 saturated carbocycles. The lowest BCUT2D eigenvalue weighted by molar-refractivity contribution is 0.0694. The lowest BCUT2D eigenvalue weighted by Crippen LogP contribution is -2.45. The van der Waals surface area contributed by atoms with Gasteiger partial charge in [0, 0.05) is 45.2 Å². The Morgan fingerprint density at radius 2 is 1.76 bits per heavy atom. The monoisotopic (exact) mass is 577 g/mol. The van der Waals surface area contributed by atoms with Gasteiger partial charge >= 0.3 is 0 Å². The lowest BCUT2D eigenvalue weighted by atomic mass is 9.90. The standard InChI is InChI=1S/C27H39N5O.HI/c1-27(2)18-24(23-8-5-6-9-25(23)33-27)30-26(28-3)29-19-21-10-12-22(13-11-21)20-32-15-7-14-31(4)16-17-32;/h5-6,8-13,24H,7,14-20H2,1-4H3,(H2,28,29,30);1H. The van der Waals surface area contributed by atoms with E-state index in [0.29, 0.717) is 0 Å². The fraction of sp³-hybridized carbons (Fsp3) is 0.519. The van der Waals surface area contributed by atoms with Crippen molar-refractivity contribution in [1.29, 1.82) is 0 Å². The molecule has 2 N–H and O–H groups in total. The van der Waals surface area contributed by atoms with Crippen LogP contribution < -0.4 is 15.4 Å². The molecule has 7 heteroatoms. The summed E-state index contributed by atoms with van der Waals surface area (Å²) in [5.41, 5.74) is 3.60. The number of benzene rings is 2. The third kappa shape index (κ3) is 7.33. The molecule has 2 aromatic rings. The summed E-state index contributed by atoms with van der Waals surface area (Å²) >= 11 is 0. The Bertz CT molecular complexity index is 946. The van der Waals surface area contributed by atoms with Crippen LogP contribution in [0.1, 0.15) is 49.4 Å². The molecule has 6 nitrogen and oxygen atoms in total. The molecule has 0 amide bonds. The number of rotatable bonds is 5. The average Bonchev–Trinajstić information content (AvgIpc) is 3.00. The van der Waals surface area contributed by atoms with Crippen LogP contribution in [0.25, 0.3) is 0 Å². The first-order valence-corrected chi connectivity index (χ1v) is 12.2. The summed E-state index contributed by atoms with van der Waals surface area (Å²) in [6.45, 7) is 10.7. The minimum atomic E-state index is -0.219. The molecule has 0 spiro atoms. The molecule has 2 heterocycles. The highest BCUT2D eigenvalue weighted by Gasteiger charge is 2.33. The van der Waals surface area contributed by atoms with Crippen molar-refractivity contribution in [3.8, 4) is 5.75 Å². The van der Waals surface area contributed by atoms with Crippen molar-refractivity contribution in [2.24, 2.45) is 4.99 Å². The Kier molecular flexibility index (Phi) is 9.62. The minimum Gasteiger partial charge on any atom is -0.487 e. The fourth-order valence-corrected chi connectivity index (χ4v) is 4.76. The molecule has 4 rings (SSSR count). The van der Waals surface area contributed by atoms with Crippen LogP contribution in [0.3, 0.4) is 0 Å². The lowest BCUT2D eigenvalue weighted by Gasteiger charge is -2.38. The summed E-state index contributed by atoms with van der Waals surface area (Å²) < 4.78 is 6.17. The quantitative estimate of drug-likeness (QED) is 0.314. The van der Waals surface area contributed by atoms with E-state index in [9.17, 15) is 0 Å². The van der Waals surface area contributed by atoms with E-state index in [1.807, 2.05) is 19.2 Å². The number of nitrogens with one attached hydrogen (secondary N) is 2. The van der Waals surface area contributed by atoms with Crippen molar-refractivity contribution in [3.05, 3.63) is 65.2 Å². The summed E-state index contributed by atoms with van der Waals surface area (Å²) in [7, 11) is 4.04. The maximum absolute atomic E-state index is 6.17. The number of likely N-dealkylation sites (N-methyl/N-ethyl adjacent to an activating group) is 1. The van der Waals surface area contributed by atoms with E-state index >= 15 is 0 Å². The first-order valence-electron chi connectivity index (χ1n) is 12.2. The maximum atomic E-state index is 6.17. The minimum absolute atomic E-state index is 0. The van der Waals surface area contributed by atoms with Crippen LogP contribution in [0.4, 0.5) is 0 Å². The van der Waals surface area contributed by atoms with Crippen LogP contribution in [-0.4, -0.2) is 61.6 Å². The number of guanidine groups is 1. The molecule has 0 aromatic heterocycles. The molecular formula is C27H40IN5O. The number of para-hydroxylation sites is 1. The summed E-state index contributed by atoms with van der Waals surface area (Å²) in [4.78, 5) is 9.46. The fourth-order valence-electron chi connectivity index (χ4n) is 4.76. The zero-order valence-electron chi connectivity index (χ0n) is 21.0. The molecule has 2 aliphatic rings. The number of fused-ring (bicyclic) bond motifs is 1. The highest BCUT2D eigenvalue weighted by Crippen LogP contribution is 2.39. The number of hydrogen-bond donors (Lipinski definition) is 2. The third-order valence-electron chi connectivity index (χ3n) is 6.61. The third-order valence-corrected chi connectivity index (χ3v) is 6.61. The average molecular weight is 578 g/mol. The van der Waals surface area contributed by atoms with Crippen molar-refractivity contribution in [2.45, 2.75) is 51.4 Å². The Morgan fingerprint density at radius 1 is 1.03 bits per heavy atom. The van der Waals surface area contributed by atoms with Gasteiger partial charge in [-0.1, -0.05) is 42.5 Å². The Morgan fingerprint density at radius 3 is 2.53 bits per heavy atom. The van der Waals surface area contributed by atoms with Crippen molar-refractivity contribution >= 4 is 29.9 Å². The number of aliphatic imine (C=N–C) groups is 1. The van der Waals surface area contributed by atoms with Crippen LogP contribution in [0, 0.1) is 0 Å². The van der Waals surface area contributed by atoms with Crippen LogP contribution in [0.5, 0.6) is 5.75 Å². The van der Waals surface area contributed by atoms with E-state index in [0.717, 1.165) is 44.3 Å². The van der Waals surface area contributed by atoms with E-state index < -0.39 is 0 Å². The highest BCUT2D eigenvalue weighted by molar-refractivity contribution is 14.0. The normalized spacial score (nSPS) is 20.9. The SMILES string of the molecule is CN=C(NCc1ccc(CN2CCCN(C)CC2)cc1)NC1CC(C)(C)Oc2ccccc21.I. The van der Waals surface area contributed by atoms with Crippen molar-refractivity contribution in [1.82, 2.24) is 20.4 Å². The smallest absolute Gasteiger partial charge is 0.191 e. The second kappa shape index (κ2) is 12.2. The topological polar surface area (TPSA) is 52.1 Å². The van der Waals surface area contributed by atoms with Gasteiger partial charge in [0.25, 0.3) is 0 Å². The molecule has 1 atom stereocenters. The molecule has 0 bridgehead atoms. The van der Waals surface area contributed by atoms with Crippen molar-refractivity contribution in [3.63, 3.8) is 0 Å². The van der Waals surface area contributed by atoms with Gasteiger partial charge in [-0.2, -0.15) is 0 Å². The van der Waals surface area contributed by atoms with Gasteiger partial charge in [-0.25, -0.2) is 0 Å². The van der Waals surface area contributed by atoms with E-state index in [2.05, 4.69) is 82.7 Å². The van der Waals surface area contributed by atoms with Crippen LogP contribution >= 0.6 is 24.0 Å². The van der Waals surface area contributed by atoms with E-state index in [4.69, 9.17) is 4.74 Å². The molecule has 0 radical (unpaired) electrons. The van der Waals surface area contributed by atoms with Gasteiger partial charge in [0.2, 0.25) is 0 Å².